The Kier molecular flexibility index (Phi) is 4.58. The SMILES string of the molecule is O=S(=O)(C1CCCN(Cc2cnc[nH]2)C1)N1CCOCC1. The number of rotatable bonds is 4. The summed E-state index contributed by atoms with van der Waals surface area (Å²) in [6.45, 7) is 4.24. The van der Waals surface area contributed by atoms with Gasteiger partial charge in [-0.25, -0.2) is 13.4 Å². The second-order valence-electron chi connectivity index (χ2n) is 5.63. The van der Waals surface area contributed by atoms with Crippen LogP contribution in [0.5, 0.6) is 0 Å². The molecule has 3 rings (SSSR count). The van der Waals surface area contributed by atoms with E-state index in [9.17, 15) is 8.42 Å². The number of nitrogens with zero attached hydrogens (tertiary/aromatic N) is 3. The molecular weight excluding hydrogens is 292 g/mol. The first-order valence-electron chi connectivity index (χ1n) is 7.42. The molecule has 2 aliphatic rings. The van der Waals surface area contributed by atoms with Crippen molar-refractivity contribution in [2.45, 2.75) is 24.6 Å². The van der Waals surface area contributed by atoms with E-state index in [-0.39, 0.29) is 5.25 Å². The molecule has 3 heterocycles. The van der Waals surface area contributed by atoms with Gasteiger partial charge >= 0.3 is 0 Å². The highest BCUT2D eigenvalue weighted by molar-refractivity contribution is 7.89. The molecular formula is C13H22N4O3S. The lowest BCUT2D eigenvalue weighted by Gasteiger charge is -2.36. The van der Waals surface area contributed by atoms with E-state index in [1.807, 2.05) is 0 Å². The predicted molar refractivity (Wildman–Crippen MR) is 78.2 cm³/mol. The van der Waals surface area contributed by atoms with Crippen LogP contribution in [0.25, 0.3) is 0 Å². The molecule has 2 saturated heterocycles. The third-order valence-electron chi connectivity index (χ3n) is 4.16. The fourth-order valence-electron chi connectivity index (χ4n) is 3.02. The molecule has 7 nitrogen and oxygen atoms in total. The number of morpholine rings is 1. The van der Waals surface area contributed by atoms with E-state index in [4.69, 9.17) is 4.74 Å². The minimum absolute atomic E-state index is 0.299. The van der Waals surface area contributed by atoms with Crippen molar-refractivity contribution in [2.24, 2.45) is 0 Å². The van der Waals surface area contributed by atoms with Gasteiger partial charge in [-0.2, -0.15) is 4.31 Å². The maximum Gasteiger partial charge on any atom is 0.218 e. The molecule has 2 fully saturated rings. The zero-order valence-electron chi connectivity index (χ0n) is 12.1. The lowest BCUT2D eigenvalue weighted by molar-refractivity contribution is 0.0719. The molecule has 8 heteroatoms. The van der Waals surface area contributed by atoms with Gasteiger partial charge in [-0.05, 0) is 19.4 Å². The van der Waals surface area contributed by atoms with Gasteiger partial charge in [-0.15, -0.1) is 0 Å². The molecule has 0 bridgehead atoms. The second-order valence-corrected chi connectivity index (χ2v) is 7.85. The van der Waals surface area contributed by atoms with Crippen molar-refractivity contribution in [1.82, 2.24) is 19.2 Å². The second kappa shape index (κ2) is 6.43. The van der Waals surface area contributed by atoms with Gasteiger partial charge in [-0.3, -0.25) is 4.90 Å². The van der Waals surface area contributed by atoms with Crippen LogP contribution in [0.4, 0.5) is 0 Å². The summed E-state index contributed by atoms with van der Waals surface area (Å²) in [4.78, 5) is 9.27. The summed E-state index contributed by atoms with van der Waals surface area (Å²) in [7, 11) is -3.21. The van der Waals surface area contributed by atoms with Gasteiger partial charge in [0.05, 0.1) is 24.8 Å². The zero-order valence-corrected chi connectivity index (χ0v) is 12.9. The molecule has 0 saturated carbocycles. The summed E-state index contributed by atoms with van der Waals surface area (Å²) in [5.41, 5.74) is 1.03. The number of imidazole rings is 1. The Morgan fingerprint density at radius 3 is 2.86 bits per heavy atom. The molecule has 1 N–H and O–H groups in total. The Balaban J connectivity index is 1.64. The van der Waals surface area contributed by atoms with Crippen molar-refractivity contribution in [1.29, 1.82) is 0 Å². The van der Waals surface area contributed by atoms with Crippen LogP contribution < -0.4 is 0 Å². The van der Waals surface area contributed by atoms with E-state index in [2.05, 4.69) is 14.9 Å². The van der Waals surface area contributed by atoms with E-state index in [0.717, 1.165) is 31.6 Å². The molecule has 21 heavy (non-hydrogen) atoms. The number of H-pyrrole nitrogens is 1. The summed E-state index contributed by atoms with van der Waals surface area (Å²) in [5, 5.41) is -0.299. The summed E-state index contributed by atoms with van der Waals surface area (Å²) >= 11 is 0. The summed E-state index contributed by atoms with van der Waals surface area (Å²) in [5.74, 6) is 0. The number of likely N-dealkylation sites (tertiary alicyclic amines) is 1. The van der Waals surface area contributed by atoms with Crippen LogP contribution in [0.3, 0.4) is 0 Å². The van der Waals surface area contributed by atoms with Crippen LogP contribution >= 0.6 is 0 Å². The number of ether oxygens (including phenoxy) is 1. The van der Waals surface area contributed by atoms with Crippen LogP contribution in [0, 0.1) is 0 Å². The monoisotopic (exact) mass is 314 g/mol. The van der Waals surface area contributed by atoms with Crippen LogP contribution in [-0.2, 0) is 21.3 Å². The number of piperidine rings is 1. The van der Waals surface area contributed by atoms with Gasteiger partial charge in [0.25, 0.3) is 0 Å². The highest BCUT2D eigenvalue weighted by Gasteiger charge is 2.35. The van der Waals surface area contributed by atoms with Gasteiger partial charge in [0.1, 0.15) is 0 Å². The van der Waals surface area contributed by atoms with Gasteiger partial charge in [0.15, 0.2) is 0 Å². The van der Waals surface area contributed by atoms with E-state index in [0.29, 0.717) is 32.8 Å². The molecule has 0 aromatic carbocycles. The highest BCUT2D eigenvalue weighted by Crippen LogP contribution is 2.22. The minimum atomic E-state index is -3.21. The highest BCUT2D eigenvalue weighted by atomic mass is 32.2. The standard InChI is InChI=1S/C13H22N4O3S/c18-21(19,17-4-6-20-7-5-17)13-2-1-3-16(10-13)9-12-8-14-11-15-12/h8,11,13H,1-7,9-10H2,(H,14,15). The molecule has 1 unspecified atom stereocenters. The smallest absolute Gasteiger partial charge is 0.218 e. The number of aromatic amines is 1. The number of sulfonamides is 1. The summed E-state index contributed by atoms with van der Waals surface area (Å²) in [6.07, 6.45) is 5.11. The van der Waals surface area contributed by atoms with Gasteiger partial charge in [0, 0.05) is 38.1 Å². The normalized spacial score (nSPS) is 26.0. The van der Waals surface area contributed by atoms with Gasteiger partial charge < -0.3 is 9.72 Å². The fourth-order valence-corrected chi connectivity index (χ4v) is 4.97. The average Bonchev–Trinajstić information content (AvgIpc) is 3.01. The maximum absolute atomic E-state index is 12.7. The van der Waals surface area contributed by atoms with E-state index in [1.165, 1.54) is 0 Å². The average molecular weight is 314 g/mol. The van der Waals surface area contributed by atoms with Gasteiger partial charge in [0.2, 0.25) is 10.0 Å². The van der Waals surface area contributed by atoms with Crippen molar-refractivity contribution in [3.63, 3.8) is 0 Å². The van der Waals surface area contributed by atoms with Crippen molar-refractivity contribution in [3.8, 4) is 0 Å². The maximum atomic E-state index is 12.7. The van der Waals surface area contributed by atoms with E-state index < -0.39 is 10.0 Å². The molecule has 2 aliphatic heterocycles. The van der Waals surface area contributed by atoms with E-state index in [1.54, 1.807) is 16.8 Å². The Bertz CT molecular complexity index is 540. The summed E-state index contributed by atoms with van der Waals surface area (Å²) < 4.78 is 32.3. The van der Waals surface area contributed by atoms with Crippen molar-refractivity contribution in [3.05, 3.63) is 18.2 Å². The van der Waals surface area contributed by atoms with Crippen molar-refractivity contribution in [2.75, 3.05) is 39.4 Å². The zero-order chi connectivity index (χ0) is 14.7. The molecule has 0 amide bonds. The molecule has 1 aromatic rings. The first-order chi connectivity index (χ1) is 10.2. The molecule has 118 valence electrons. The van der Waals surface area contributed by atoms with Crippen molar-refractivity contribution < 1.29 is 13.2 Å². The first kappa shape index (κ1) is 15.0. The third kappa shape index (κ3) is 3.45. The Morgan fingerprint density at radius 1 is 1.33 bits per heavy atom. The topological polar surface area (TPSA) is 78.5 Å². The van der Waals surface area contributed by atoms with Crippen LogP contribution in [-0.4, -0.2) is 72.2 Å². The Hall–Kier alpha value is -0.960. The Labute approximate surface area is 125 Å². The predicted octanol–water partition coefficient (Wildman–Crippen LogP) is 0.0361. The van der Waals surface area contributed by atoms with Gasteiger partial charge in [-0.1, -0.05) is 0 Å². The minimum Gasteiger partial charge on any atom is -0.379 e. The summed E-state index contributed by atoms with van der Waals surface area (Å²) in [6, 6.07) is 0. The fraction of sp³-hybridized carbons (Fsp3) is 0.769. The largest absolute Gasteiger partial charge is 0.379 e. The van der Waals surface area contributed by atoms with E-state index >= 15 is 0 Å². The molecule has 0 spiro atoms. The molecule has 0 radical (unpaired) electrons. The lowest BCUT2D eigenvalue weighted by Crippen LogP contribution is -2.50. The number of aromatic nitrogens is 2. The quantitative estimate of drug-likeness (QED) is 0.849. The van der Waals surface area contributed by atoms with Crippen LogP contribution in [0.1, 0.15) is 18.5 Å². The first-order valence-corrected chi connectivity index (χ1v) is 8.93. The Morgan fingerprint density at radius 2 is 2.14 bits per heavy atom. The third-order valence-corrected chi connectivity index (χ3v) is 6.47. The van der Waals surface area contributed by atoms with Crippen molar-refractivity contribution >= 4 is 10.0 Å². The molecule has 1 aromatic heterocycles. The number of hydrogen-bond acceptors (Lipinski definition) is 5. The van der Waals surface area contributed by atoms with Crippen LogP contribution in [0.15, 0.2) is 12.5 Å². The number of nitrogens with one attached hydrogen (secondary N) is 1. The molecule has 0 aliphatic carbocycles. The number of hydrogen-bond donors (Lipinski definition) is 1. The van der Waals surface area contributed by atoms with Crippen LogP contribution in [0.2, 0.25) is 0 Å². The lowest BCUT2D eigenvalue weighted by atomic mass is 10.1. The molecule has 1 atom stereocenters.